The Hall–Kier alpha value is 0.870. The Labute approximate surface area is 253 Å². The molecule has 0 N–H and O–H groups in total. The molecular weight excluding hydrogens is 644 g/mol. The highest BCUT2D eigenvalue weighted by Crippen LogP contribution is 2.39. The summed E-state index contributed by atoms with van der Waals surface area (Å²) < 4.78 is 92.7. The summed E-state index contributed by atoms with van der Waals surface area (Å²) in [6, 6.07) is -0.450. The van der Waals surface area contributed by atoms with Gasteiger partial charge in [0.1, 0.15) is 18.2 Å². The molecule has 15 heteroatoms. The quantitative estimate of drug-likeness (QED) is 0.170. The fourth-order valence-electron chi connectivity index (χ4n) is 3.34. The van der Waals surface area contributed by atoms with Gasteiger partial charge in [-0.25, -0.2) is 8.78 Å². The number of hydrogen-bond donors (Lipinski definition) is 0. The van der Waals surface area contributed by atoms with Gasteiger partial charge in [0.15, 0.2) is 5.67 Å². The van der Waals surface area contributed by atoms with E-state index in [0.717, 1.165) is 33.1 Å². The second-order valence-corrected chi connectivity index (χ2v) is 11.3. The third-order valence-electron chi connectivity index (χ3n) is 5.50. The van der Waals surface area contributed by atoms with Crippen molar-refractivity contribution in [3.63, 3.8) is 0 Å². The molecule has 0 aromatic heterocycles. The highest BCUT2D eigenvalue weighted by molar-refractivity contribution is 6.43. The van der Waals surface area contributed by atoms with Crippen molar-refractivity contribution in [3.05, 3.63) is 0 Å². The van der Waals surface area contributed by atoms with Gasteiger partial charge in [0, 0.05) is 0 Å². The van der Waals surface area contributed by atoms with Gasteiger partial charge in [0.05, 0.1) is 12.0 Å². The molecule has 0 spiro atoms. The van der Waals surface area contributed by atoms with Crippen LogP contribution in [0.2, 0.25) is 0 Å². The maximum atomic E-state index is 13.2. The first kappa shape index (κ1) is 42.0. The molecule has 0 aromatic rings. The first-order valence-corrected chi connectivity index (χ1v) is 15.0. The molecule has 0 aromatic carbocycles. The van der Waals surface area contributed by atoms with E-state index in [2.05, 4.69) is 14.2 Å². The van der Waals surface area contributed by atoms with Crippen molar-refractivity contribution in [2.45, 2.75) is 127 Å². The van der Waals surface area contributed by atoms with Crippen LogP contribution in [0, 0.1) is 5.92 Å². The largest absolute Gasteiger partial charge is 0.390 e. The van der Waals surface area contributed by atoms with Crippen LogP contribution >= 0.6 is 58.0 Å². The second-order valence-electron chi connectivity index (χ2n) is 9.67. The summed E-state index contributed by atoms with van der Waals surface area (Å²) >= 11 is 25.5. The standard InChI is InChI=1S/C8H12Cl2F2O.C7H13ClO.C5H8ClF3O.C4H8ClFO/c9-7(10)13-8(11,12)6-4-2-1-3-5-6;8-6-9-7-4-2-1-3-5-7;1-4(2,7)5(8,9)10-3-6;1-4(2,6)7-3-5/h6-7H,1-5H2;7H,1-6H2;3H2,1-2H3;3H2,1-2H3. The molecular formula is C24H41Cl5F6O4. The van der Waals surface area contributed by atoms with Crippen molar-refractivity contribution in [2.75, 3.05) is 18.2 Å². The van der Waals surface area contributed by atoms with Crippen LogP contribution in [0.25, 0.3) is 0 Å². The van der Waals surface area contributed by atoms with Crippen molar-refractivity contribution in [2.24, 2.45) is 5.92 Å². The number of hydrogen-bond acceptors (Lipinski definition) is 4. The minimum absolute atomic E-state index is 0.0938. The van der Waals surface area contributed by atoms with E-state index in [9.17, 15) is 26.3 Å². The van der Waals surface area contributed by atoms with Crippen LogP contribution in [0.5, 0.6) is 0 Å². The first-order valence-electron chi connectivity index (χ1n) is 12.5. The van der Waals surface area contributed by atoms with Crippen LogP contribution in [0.4, 0.5) is 26.3 Å². The van der Waals surface area contributed by atoms with Gasteiger partial charge in [0.25, 0.3) is 0 Å². The van der Waals surface area contributed by atoms with Gasteiger partial charge in [0.2, 0.25) is 10.9 Å². The van der Waals surface area contributed by atoms with Crippen LogP contribution in [0.15, 0.2) is 0 Å². The lowest BCUT2D eigenvalue weighted by Gasteiger charge is -2.29. The highest BCUT2D eigenvalue weighted by atomic mass is 35.5. The molecule has 2 saturated carbocycles. The maximum absolute atomic E-state index is 13.2. The fourth-order valence-corrected chi connectivity index (χ4v) is 4.16. The molecule has 2 rings (SSSR count). The molecule has 39 heavy (non-hydrogen) atoms. The molecule has 0 amide bonds. The van der Waals surface area contributed by atoms with Gasteiger partial charge in [-0.1, -0.05) is 96.5 Å². The zero-order chi connectivity index (χ0) is 30.8. The molecule has 0 aliphatic heterocycles. The lowest BCUT2D eigenvalue weighted by atomic mass is 9.88. The summed E-state index contributed by atoms with van der Waals surface area (Å²) in [4.78, 5) is 0. The average molecular weight is 685 g/mol. The van der Waals surface area contributed by atoms with E-state index in [4.69, 9.17) is 62.7 Å². The van der Waals surface area contributed by atoms with Gasteiger partial charge in [-0.15, -0.1) is 0 Å². The third-order valence-corrected chi connectivity index (χ3v) is 6.03. The Morgan fingerprint density at radius 1 is 0.667 bits per heavy atom. The molecule has 0 heterocycles. The van der Waals surface area contributed by atoms with E-state index in [1.807, 2.05) is 0 Å². The highest BCUT2D eigenvalue weighted by Gasteiger charge is 2.49. The summed E-state index contributed by atoms with van der Waals surface area (Å²) in [6.45, 7) is 4.05. The summed E-state index contributed by atoms with van der Waals surface area (Å²) in [5.41, 5.74) is -2.69. The Morgan fingerprint density at radius 3 is 1.38 bits per heavy atom. The predicted molar refractivity (Wildman–Crippen MR) is 146 cm³/mol. The summed E-state index contributed by atoms with van der Waals surface area (Å²) in [7, 11) is 0. The van der Waals surface area contributed by atoms with Crippen molar-refractivity contribution in [3.8, 4) is 0 Å². The topological polar surface area (TPSA) is 36.9 Å². The lowest BCUT2D eigenvalue weighted by Crippen LogP contribution is -2.41. The molecule has 0 unspecified atom stereocenters. The average Bonchev–Trinajstić information content (AvgIpc) is 2.80. The number of alkyl halides is 11. The van der Waals surface area contributed by atoms with E-state index >= 15 is 0 Å². The van der Waals surface area contributed by atoms with Crippen LogP contribution in [0.1, 0.15) is 91.9 Å². The van der Waals surface area contributed by atoms with Crippen molar-refractivity contribution in [1.29, 1.82) is 0 Å². The normalized spacial score (nSPS) is 17.8. The molecule has 2 fully saturated rings. The van der Waals surface area contributed by atoms with E-state index in [0.29, 0.717) is 25.0 Å². The zero-order valence-electron chi connectivity index (χ0n) is 22.7. The first-order chi connectivity index (χ1) is 17.8. The molecule has 4 nitrogen and oxygen atoms in total. The Balaban J connectivity index is 0. The fraction of sp³-hybridized carbons (Fsp3) is 1.00. The summed E-state index contributed by atoms with van der Waals surface area (Å²) in [5.74, 6) is -2.30. The van der Waals surface area contributed by atoms with E-state index in [-0.39, 0.29) is 6.07 Å². The van der Waals surface area contributed by atoms with Crippen LogP contribution in [-0.4, -0.2) is 53.1 Å². The van der Waals surface area contributed by atoms with Crippen molar-refractivity contribution >= 4 is 58.0 Å². The molecule has 2 aliphatic rings. The number of ether oxygens (including phenoxy) is 4. The molecule has 238 valence electrons. The van der Waals surface area contributed by atoms with E-state index in [1.165, 1.54) is 46.0 Å². The Kier molecular flexibility index (Phi) is 23.2. The minimum Gasteiger partial charge on any atom is -0.363 e. The smallest absolute Gasteiger partial charge is 0.363 e. The third kappa shape index (κ3) is 23.1. The summed E-state index contributed by atoms with van der Waals surface area (Å²) in [6.07, 6.45) is 3.61. The Morgan fingerprint density at radius 2 is 1.10 bits per heavy atom. The van der Waals surface area contributed by atoms with E-state index < -0.39 is 40.7 Å². The molecule has 0 radical (unpaired) electrons. The SMILES string of the molecule is CC(C)(F)C(F)(F)OCCl.CC(C)(F)OCCl.ClCOC1CCCCC1.FC(F)(OC(Cl)Cl)C1CCCCC1. The predicted octanol–water partition coefficient (Wildman–Crippen LogP) is 10.9. The van der Waals surface area contributed by atoms with Crippen LogP contribution in [-0.2, 0) is 18.9 Å². The van der Waals surface area contributed by atoms with Crippen LogP contribution in [0.3, 0.4) is 0 Å². The van der Waals surface area contributed by atoms with Gasteiger partial charge in [-0.05, 0) is 53.4 Å². The van der Waals surface area contributed by atoms with Gasteiger partial charge < -0.3 is 14.2 Å². The lowest BCUT2D eigenvalue weighted by molar-refractivity contribution is -0.292. The maximum Gasteiger partial charge on any atom is 0.390 e. The van der Waals surface area contributed by atoms with E-state index in [1.54, 1.807) is 0 Å². The van der Waals surface area contributed by atoms with Crippen molar-refractivity contribution < 1.29 is 45.3 Å². The molecule has 0 bridgehead atoms. The Bertz CT molecular complexity index is 582. The van der Waals surface area contributed by atoms with Gasteiger partial charge in [-0.3, -0.25) is 4.74 Å². The van der Waals surface area contributed by atoms with Crippen LogP contribution < -0.4 is 0 Å². The second kappa shape index (κ2) is 21.5. The minimum atomic E-state index is -3.81. The van der Waals surface area contributed by atoms with Gasteiger partial charge >= 0.3 is 12.2 Å². The molecule has 2 aliphatic carbocycles. The summed E-state index contributed by atoms with van der Waals surface area (Å²) in [5, 5.41) is -1.45. The molecule has 0 saturated heterocycles. The number of rotatable bonds is 10. The molecule has 0 atom stereocenters. The van der Waals surface area contributed by atoms with Gasteiger partial charge in [-0.2, -0.15) is 17.6 Å². The van der Waals surface area contributed by atoms with Crippen molar-refractivity contribution in [1.82, 2.24) is 0 Å². The number of halogens is 11. The monoisotopic (exact) mass is 682 g/mol. The zero-order valence-corrected chi connectivity index (χ0v) is 26.5.